The van der Waals surface area contributed by atoms with Crippen molar-refractivity contribution in [2.24, 2.45) is 0 Å². The lowest BCUT2D eigenvalue weighted by atomic mass is 10.1. The van der Waals surface area contributed by atoms with Crippen molar-refractivity contribution < 1.29 is 23.1 Å². The largest absolute Gasteiger partial charge is 0.469 e. The van der Waals surface area contributed by atoms with Gasteiger partial charge in [0.15, 0.2) is 0 Å². The molecule has 0 radical (unpaired) electrons. The molecule has 26 heavy (non-hydrogen) atoms. The number of ether oxygens (including phenoxy) is 1. The number of oxazole rings is 1. The number of esters is 1. The molecule has 0 saturated carbocycles. The molecule has 2 heterocycles. The van der Waals surface area contributed by atoms with E-state index >= 15 is 0 Å². The summed E-state index contributed by atoms with van der Waals surface area (Å²) < 4.78 is 23.8. The summed E-state index contributed by atoms with van der Waals surface area (Å²) in [6, 6.07) is 5.38. The highest BCUT2D eigenvalue weighted by Gasteiger charge is 2.33. The molecule has 0 spiro atoms. The first kappa shape index (κ1) is 18.1. The van der Waals surface area contributed by atoms with Gasteiger partial charge < -0.3 is 14.5 Å². The Morgan fingerprint density at radius 2 is 2.31 bits per heavy atom. The van der Waals surface area contributed by atoms with Crippen LogP contribution in [-0.2, 0) is 20.9 Å². The van der Waals surface area contributed by atoms with E-state index < -0.39 is 12.0 Å². The van der Waals surface area contributed by atoms with Crippen molar-refractivity contribution >= 4 is 11.9 Å². The predicted octanol–water partition coefficient (Wildman–Crippen LogP) is 1.65. The maximum Gasteiger partial charge on any atom is 0.307 e. The smallest absolute Gasteiger partial charge is 0.307 e. The first-order chi connectivity index (χ1) is 12.5. The molecular formula is C18H20FN3O4. The number of amides is 1. The highest BCUT2D eigenvalue weighted by Crippen LogP contribution is 2.24. The number of hydrogen-bond acceptors (Lipinski definition) is 6. The average molecular weight is 361 g/mol. The second kappa shape index (κ2) is 7.65. The Hall–Kier alpha value is -2.74. The molecule has 1 saturated heterocycles. The van der Waals surface area contributed by atoms with Gasteiger partial charge in [0.05, 0.1) is 19.2 Å². The van der Waals surface area contributed by atoms with Crippen LogP contribution >= 0.6 is 0 Å². The summed E-state index contributed by atoms with van der Waals surface area (Å²) in [6.45, 7) is 3.18. The van der Waals surface area contributed by atoms with Gasteiger partial charge in [-0.2, -0.15) is 0 Å². The van der Waals surface area contributed by atoms with Crippen molar-refractivity contribution in [2.75, 3.05) is 20.2 Å². The van der Waals surface area contributed by atoms with Crippen LogP contribution in [0.4, 0.5) is 4.39 Å². The van der Waals surface area contributed by atoms with E-state index in [4.69, 9.17) is 4.42 Å². The van der Waals surface area contributed by atoms with E-state index in [1.165, 1.54) is 19.2 Å². The predicted molar refractivity (Wildman–Crippen MR) is 90.5 cm³/mol. The Morgan fingerprint density at radius 3 is 3.04 bits per heavy atom. The van der Waals surface area contributed by atoms with Gasteiger partial charge in [-0.3, -0.25) is 14.5 Å². The molecule has 7 nitrogen and oxygen atoms in total. The van der Waals surface area contributed by atoms with Crippen LogP contribution in [-0.4, -0.2) is 48.0 Å². The Balaban J connectivity index is 1.80. The number of aromatic nitrogens is 1. The van der Waals surface area contributed by atoms with Gasteiger partial charge in [-0.1, -0.05) is 6.07 Å². The van der Waals surface area contributed by atoms with Gasteiger partial charge in [0, 0.05) is 25.2 Å². The second-order valence-electron chi connectivity index (χ2n) is 6.09. The monoisotopic (exact) mass is 361 g/mol. The normalized spacial score (nSPS) is 17.8. The van der Waals surface area contributed by atoms with Crippen molar-refractivity contribution in [1.82, 2.24) is 15.2 Å². The number of nitrogens with zero attached hydrogens (tertiary/aromatic N) is 2. The van der Waals surface area contributed by atoms with E-state index in [9.17, 15) is 14.0 Å². The minimum atomic E-state index is -0.620. The third-order valence-corrected chi connectivity index (χ3v) is 4.35. The highest BCUT2D eigenvalue weighted by molar-refractivity contribution is 5.87. The summed E-state index contributed by atoms with van der Waals surface area (Å²) in [5.74, 6) is -0.122. The molecule has 1 aliphatic rings. The quantitative estimate of drug-likeness (QED) is 0.816. The number of benzene rings is 1. The molecule has 1 atom stereocenters. The lowest BCUT2D eigenvalue weighted by molar-refractivity contribution is -0.146. The Bertz CT molecular complexity index is 821. The fourth-order valence-electron chi connectivity index (χ4n) is 2.93. The molecule has 1 N–H and O–H groups in total. The van der Waals surface area contributed by atoms with Gasteiger partial charge in [0.1, 0.15) is 17.6 Å². The number of carbonyl (C=O) groups excluding carboxylic acids is 2. The number of piperazine rings is 1. The molecule has 2 aromatic rings. The van der Waals surface area contributed by atoms with Crippen LogP contribution < -0.4 is 5.32 Å². The molecule has 3 rings (SSSR count). The zero-order valence-electron chi connectivity index (χ0n) is 14.6. The fraction of sp³-hybridized carbons (Fsp3) is 0.389. The maximum absolute atomic E-state index is 13.4. The van der Waals surface area contributed by atoms with Gasteiger partial charge in [-0.05, 0) is 25.1 Å². The topological polar surface area (TPSA) is 84.7 Å². The van der Waals surface area contributed by atoms with Gasteiger partial charge in [-0.15, -0.1) is 0 Å². The van der Waals surface area contributed by atoms with Crippen LogP contribution in [0.25, 0.3) is 11.5 Å². The number of nitrogens with one attached hydrogen (secondary N) is 1. The summed E-state index contributed by atoms with van der Waals surface area (Å²) >= 11 is 0. The molecular weight excluding hydrogens is 341 g/mol. The van der Waals surface area contributed by atoms with E-state index in [1.807, 2.05) is 4.90 Å². The number of methoxy groups -OCH3 is 1. The van der Waals surface area contributed by atoms with Crippen molar-refractivity contribution in [2.45, 2.75) is 25.9 Å². The Morgan fingerprint density at radius 1 is 1.50 bits per heavy atom. The van der Waals surface area contributed by atoms with Crippen LogP contribution in [0, 0.1) is 12.7 Å². The van der Waals surface area contributed by atoms with Crippen LogP contribution in [0.3, 0.4) is 0 Å². The van der Waals surface area contributed by atoms with Crippen LogP contribution in [0.5, 0.6) is 0 Å². The summed E-state index contributed by atoms with van der Waals surface area (Å²) in [4.78, 5) is 30.1. The Labute approximate surface area is 150 Å². The van der Waals surface area contributed by atoms with Gasteiger partial charge in [0.25, 0.3) is 0 Å². The highest BCUT2D eigenvalue weighted by atomic mass is 19.1. The first-order valence-corrected chi connectivity index (χ1v) is 8.28. The number of carbonyl (C=O) groups is 2. The van der Waals surface area contributed by atoms with Crippen LogP contribution in [0.2, 0.25) is 0 Å². The maximum atomic E-state index is 13.4. The molecule has 8 heteroatoms. The lowest BCUT2D eigenvalue weighted by Gasteiger charge is -2.33. The molecule has 1 aromatic heterocycles. The van der Waals surface area contributed by atoms with Crippen molar-refractivity contribution in [1.29, 1.82) is 0 Å². The van der Waals surface area contributed by atoms with Crippen LogP contribution in [0.15, 0.2) is 28.7 Å². The summed E-state index contributed by atoms with van der Waals surface area (Å²) in [6.07, 6.45) is -0.0318. The third-order valence-electron chi connectivity index (χ3n) is 4.35. The lowest BCUT2D eigenvalue weighted by Crippen LogP contribution is -2.55. The minimum Gasteiger partial charge on any atom is -0.469 e. The standard InChI is InChI=1S/C18H20FN3O4/c1-11-14(21-18(26-11)12-4-3-5-13(19)8-12)10-22-7-6-20-17(24)15(22)9-16(23)25-2/h3-5,8,15H,6-7,9-10H2,1-2H3,(H,20,24)/t15-/m0/s1. The molecule has 0 bridgehead atoms. The first-order valence-electron chi connectivity index (χ1n) is 8.28. The average Bonchev–Trinajstić information content (AvgIpc) is 2.98. The summed E-state index contributed by atoms with van der Waals surface area (Å²) in [5.41, 5.74) is 1.19. The zero-order valence-corrected chi connectivity index (χ0v) is 14.6. The number of rotatable bonds is 5. The van der Waals surface area contributed by atoms with E-state index in [2.05, 4.69) is 15.0 Å². The summed E-state index contributed by atoms with van der Waals surface area (Å²) in [7, 11) is 1.29. The fourth-order valence-corrected chi connectivity index (χ4v) is 2.93. The van der Waals surface area contributed by atoms with Gasteiger partial charge in [-0.25, -0.2) is 9.37 Å². The van der Waals surface area contributed by atoms with Crippen LogP contribution in [0.1, 0.15) is 17.9 Å². The van der Waals surface area contributed by atoms with E-state index in [-0.39, 0.29) is 18.1 Å². The second-order valence-corrected chi connectivity index (χ2v) is 6.09. The van der Waals surface area contributed by atoms with Crippen molar-refractivity contribution in [3.8, 4) is 11.5 Å². The Kier molecular flexibility index (Phi) is 5.32. The van der Waals surface area contributed by atoms with Gasteiger partial charge >= 0.3 is 5.97 Å². The van der Waals surface area contributed by atoms with E-state index in [0.717, 1.165) is 0 Å². The van der Waals surface area contributed by atoms with E-state index in [1.54, 1.807) is 19.1 Å². The third kappa shape index (κ3) is 3.91. The minimum absolute atomic E-state index is 0.0318. The van der Waals surface area contributed by atoms with Crippen molar-refractivity contribution in [3.63, 3.8) is 0 Å². The molecule has 1 fully saturated rings. The molecule has 1 aromatic carbocycles. The van der Waals surface area contributed by atoms with Crippen molar-refractivity contribution in [3.05, 3.63) is 41.5 Å². The number of hydrogen-bond donors (Lipinski definition) is 1. The number of aryl methyl sites for hydroxylation is 1. The van der Waals surface area contributed by atoms with E-state index in [0.29, 0.717) is 42.5 Å². The SMILES string of the molecule is COC(=O)C[C@H]1C(=O)NCCN1Cc1nc(-c2cccc(F)c2)oc1C. The molecule has 0 unspecified atom stereocenters. The molecule has 0 aliphatic carbocycles. The van der Waals surface area contributed by atoms with Gasteiger partial charge in [0.2, 0.25) is 11.8 Å². The zero-order chi connectivity index (χ0) is 18.7. The number of halogens is 1. The summed E-state index contributed by atoms with van der Waals surface area (Å²) in [5, 5.41) is 2.76. The molecule has 1 amide bonds. The molecule has 138 valence electrons. The molecule has 1 aliphatic heterocycles.